The lowest BCUT2D eigenvalue weighted by molar-refractivity contribution is -0.332. The molecule has 1 aliphatic rings. The van der Waals surface area contributed by atoms with Crippen LogP contribution in [0.25, 0.3) is 11.0 Å². The zero-order chi connectivity index (χ0) is 23.6. The molecule has 0 saturated carbocycles. The number of hydrogen-bond donors (Lipinski definition) is 5. The Kier molecular flexibility index (Phi) is 7.40. The molecule has 1 aliphatic heterocycles. The highest BCUT2D eigenvalue weighted by atomic mass is 16.7. The first-order valence-corrected chi connectivity index (χ1v) is 9.98. The van der Waals surface area contributed by atoms with E-state index in [2.05, 4.69) is 0 Å². The smallest absolute Gasteiger partial charge is 0.336 e. The van der Waals surface area contributed by atoms with Gasteiger partial charge in [-0.25, -0.2) is 4.79 Å². The number of aliphatic hydroxyl groups excluding tert-OH is 5. The first kappa shape index (κ1) is 24.4. The number of benzene rings is 1. The van der Waals surface area contributed by atoms with Gasteiger partial charge in [0.15, 0.2) is 17.8 Å². The zero-order valence-electron chi connectivity index (χ0n) is 17.9. The molecule has 2 aromatic rings. The number of aliphatic hydroxyl groups is 5. The van der Waals surface area contributed by atoms with Crippen LogP contribution in [-0.4, -0.2) is 88.3 Å². The summed E-state index contributed by atoms with van der Waals surface area (Å²) in [5.41, 5.74) is -1.59. The van der Waals surface area contributed by atoms with Gasteiger partial charge in [-0.3, -0.25) is 0 Å². The highest BCUT2D eigenvalue weighted by molar-refractivity contribution is 5.80. The molecule has 6 unspecified atom stereocenters. The second-order valence-corrected chi connectivity index (χ2v) is 8.04. The Morgan fingerprint density at radius 2 is 1.81 bits per heavy atom. The fourth-order valence-electron chi connectivity index (χ4n) is 3.26. The fourth-order valence-corrected chi connectivity index (χ4v) is 3.26. The van der Waals surface area contributed by atoms with Crippen molar-refractivity contribution in [2.45, 2.75) is 56.3 Å². The van der Waals surface area contributed by atoms with E-state index in [9.17, 15) is 30.3 Å². The molecule has 0 aliphatic carbocycles. The van der Waals surface area contributed by atoms with E-state index in [1.54, 1.807) is 12.1 Å². The molecule has 11 heteroatoms. The van der Waals surface area contributed by atoms with Crippen LogP contribution >= 0.6 is 0 Å². The average molecular weight is 456 g/mol. The van der Waals surface area contributed by atoms with E-state index in [-0.39, 0.29) is 17.9 Å². The van der Waals surface area contributed by atoms with E-state index in [0.29, 0.717) is 11.1 Å². The van der Waals surface area contributed by atoms with Crippen molar-refractivity contribution in [1.82, 2.24) is 0 Å². The highest BCUT2D eigenvalue weighted by Gasteiger charge is 2.47. The van der Waals surface area contributed by atoms with Gasteiger partial charge in [0.2, 0.25) is 0 Å². The van der Waals surface area contributed by atoms with Crippen molar-refractivity contribution in [3.8, 4) is 11.5 Å². The molecule has 1 saturated heterocycles. The number of fused-ring (bicyclic) bond motifs is 1. The van der Waals surface area contributed by atoms with Crippen LogP contribution in [0.5, 0.6) is 11.5 Å². The van der Waals surface area contributed by atoms with Crippen LogP contribution < -0.4 is 15.1 Å². The summed E-state index contributed by atoms with van der Waals surface area (Å²) in [4.78, 5) is 11.5. The van der Waals surface area contributed by atoms with E-state index < -0.39 is 54.6 Å². The summed E-state index contributed by atoms with van der Waals surface area (Å²) in [5, 5.41) is 50.5. The van der Waals surface area contributed by atoms with Crippen molar-refractivity contribution in [1.29, 1.82) is 0 Å². The van der Waals surface area contributed by atoms with Gasteiger partial charge in [-0.15, -0.1) is 0 Å². The summed E-state index contributed by atoms with van der Waals surface area (Å²) in [6, 6.07) is 5.95. The van der Waals surface area contributed by atoms with Crippen LogP contribution in [0.2, 0.25) is 0 Å². The van der Waals surface area contributed by atoms with Crippen LogP contribution in [0.4, 0.5) is 0 Å². The van der Waals surface area contributed by atoms with Gasteiger partial charge in [-0.2, -0.15) is 0 Å². The Morgan fingerprint density at radius 1 is 1.09 bits per heavy atom. The molecule has 1 fully saturated rings. The molecule has 3 rings (SSSR count). The van der Waals surface area contributed by atoms with Crippen LogP contribution in [-0.2, 0) is 9.47 Å². The molecule has 32 heavy (non-hydrogen) atoms. The zero-order valence-corrected chi connectivity index (χ0v) is 17.9. The molecule has 178 valence electrons. The fraction of sp³-hybridized carbons (Fsp3) is 0.571. The summed E-state index contributed by atoms with van der Waals surface area (Å²) < 4.78 is 27.1. The molecule has 2 heterocycles. The Morgan fingerprint density at radius 3 is 2.47 bits per heavy atom. The summed E-state index contributed by atoms with van der Waals surface area (Å²) in [7, 11) is 1.44. The van der Waals surface area contributed by atoms with E-state index in [0.717, 1.165) is 0 Å². The standard InChI is InChI=1S/C21H28O11/c1-21(2,32-20-19(27)18(26)17(25)14(8-22)31-20)15(23)9-29-13-7-11-10(6-12(13)28-3)4-5-16(24)30-11/h4-7,14-15,17-20,22-23,25-27H,8-9H2,1-3H3. The number of rotatable bonds is 8. The van der Waals surface area contributed by atoms with Crippen molar-refractivity contribution in [3.63, 3.8) is 0 Å². The third-order valence-electron chi connectivity index (χ3n) is 5.37. The van der Waals surface area contributed by atoms with Crippen molar-refractivity contribution < 1.29 is 48.9 Å². The molecular formula is C21H28O11. The number of methoxy groups -OCH3 is 1. The molecule has 0 amide bonds. The Labute approximate surface area is 183 Å². The first-order valence-electron chi connectivity index (χ1n) is 9.98. The van der Waals surface area contributed by atoms with Crippen LogP contribution in [0.15, 0.2) is 33.5 Å². The summed E-state index contributed by atoms with van der Waals surface area (Å²) in [6.45, 7) is 2.15. The van der Waals surface area contributed by atoms with Crippen LogP contribution in [0.3, 0.4) is 0 Å². The Bertz CT molecular complexity index is 970. The molecule has 6 atom stereocenters. The minimum atomic E-state index is -1.61. The predicted octanol–water partition coefficient (Wildman–Crippen LogP) is -0.864. The summed E-state index contributed by atoms with van der Waals surface area (Å²) >= 11 is 0. The van der Waals surface area contributed by atoms with Crippen LogP contribution in [0.1, 0.15) is 13.8 Å². The van der Waals surface area contributed by atoms with E-state index in [1.165, 1.54) is 33.1 Å². The maximum absolute atomic E-state index is 11.5. The van der Waals surface area contributed by atoms with Gasteiger partial charge >= 0.3 is 5.63 Å². The Balaban J connectivity index is 1.71. The molecule has 0 bridgehead atoms. The monoisotopic (exact) mass is 456 g/mol. The van der Waals surface area contributed by atoms with Gasteiger partial charge in [0, 0.05) is 17.5 Å². The lowest BCUT2D eigenvalue weighted by Gasteiger charge is -2.43. The van der Waals surface area contributed by atoms with Gasteiger partial charge < -0.3 is 48.9 Å². The van der Waals surface area contributed by atoms with Crippen LogP contribution in [0, 0.1) is 0 Å². The van der Waals surface area contributed by atoms with Gasteiger partial charge in [-0.05, 0) is 26.0 Å². The van der Waals surface area contributed by atoms with Crippen molar-refractivity contribution in [2.75, 3.05) is 20.3 Å². The minimum absolute atomic E-state index is 0.219. The topological polar surface area (TPSA) is 168 Å². The Hall–Kier alpha value is -2.25. The largest absolute Gasteiger partial charge is 0.493 e. The summed E-state index contributed by atoms with van der Waals surface area (Å²) in [6.07, 6.45) is -8.54. The maximum atomic E-state index is 11.5. The van der Waals surface area contributed by atoms with Crippen molar-refractivity contribution in [2.24, 2.45) is 0 Å². The van der Waals surface area contributed by atoms with E-state index in [1.807, 2.05) is 0 Å². The first-order chi connectivity index (χ1) is 15.1. The normalized spacial score (nSPS) is 27.3. The maximum Gasteiger partial charge on any atom is 0.336 e. The van der Waals surface area contributed by atoms with Gasteiger partial charge in [-0.1, -0.05) is 0 Å². The molecule has 0 radical (unpaired) electrons. The summed E-state index contributed by atoms with van der Waals surface area (Å²) in [5.74, 6) is 0.572. The average Bonchev–Trinajstić information content (AvgIpc) is 2.76. The second kappa shape index (κ2) is 9.71. The quantitative estimate of drug-likeness (QED) is 0.313. The number of ether oxygens (including phenoxy) is 4. The van der Waals surface area contributed by atoms with Gasteiger partial charge in [0.1, 0.15) is 42.7 Å². The third-order valence-corrected chi connectivity index (χ3v) is 5.37. The van der Waals surface area contributed by atoms with E-state index >= 15 is 0 Å². The highest BCUT2D eigenvalue weighted by Crippen LogP contribution is 2.33. The lowest BCUT2D eigenvalue weighted by atomic mass is 9.98. The lowest BCUT2D eigenvalue weighted by Crippen LogP contribution is -2.61. The van der Waals surface area contributed by atoms with Crippen molar-refractivity contribution in [3.05, 3.63) is 34.7 Å². The van der Waals surface area contributed by atoms with E-state index in [4.69, 9.17) is 23.4 Å². The van der Waals surface area contributed by atoms with Gasteiger partial charge in [0.25, 0.3) is 0 Å². The van der Waals surface area contributed by atoms with Gasteiger partial charge in [0.05, 0.1) is 19.3 Å². The molecule has 11 nitrogen and oxygen atoms in total. The molecule has 0 spiro atoms. The predicted molar refractivity (Wildman–Crippen MR) is 109 cm³/mol. The molecule has 1 aromatic heterocycles. The molecule has 1 aromatic carbocycles. The van der Waals surface area contributed by atoms with Crippen molar-refractivity contribution >= 4 is 11.0 Å². The minimum Gasteiger partial charge on any atom is -0.493 e. The third kappa shape index (κ3) is 5.04. The molecule has 5 N–H and O–H groups in total. The SMILES string of the molecule is COc1cc2ccc(=O)oc2cc1OCC(O)C(C)(C)OC1OC(CO)C(O)C(O)C1O. The molecular weight excluding hydrogens is 428 g/mol. The number of hydrogen-bond acceptors (Lipinski definition) is 11. The second-order valence-electron chi connectivity index (χ2n) is 8.04.